The molecule has 3 heteroatoms. The molecule has 1 aliphatic carbocycles. The Bertz CT molecular complexity index is 441. The lowest BCUT2D eigenvalue weighted by Crippen LogP contribution is -2.10. The summed E-state index contributed by atoms with van der Waals surface area (Å²) in [5, 5.41) is 3.23. The number of nitrogens with one attached hydrogen (secondary N) is 1. The van der Waals surface area contributed by atoms with Crippen molar-refractivity contribution < 1.29 is 0 Å². The van der Waals surface area contributed by atoms with Crippen molar-refractivity contribution in [2.75, 3.05) is 13.6 Å². The van der Waals surface area contributed by atoms with Crippen LogP contribution in [-0.4, -0.2) is 23.0 Å². The van der Waals surface area contributed by atoms with Crippen LogP contribution in [0.5, 0.6) is 0 Å². The Kier molecular flexibility index (Phi) is 1.99. The van der Waals surface area contributed by atoms with Gasteiger partial charge in [-0.3, -0.25) is 0 Å². The molecule has 0 amide bonds. The minimum absolute atomic E-state index is 0.678. The van der Waals surface area contributed by atoms with E-state index in [-0.39, 0.29) is 0 Å². The highest BCUT2D eigenvalue weighted by molar-refractivity contribution is 5.41. The van der Waals surface area contributed by atoms with E-state index in [4.69, 9.17) is 0 Å². The summed E-state index contributed by atoms with van der Waals surface area (Å²) in [7, 11) is 2.01. The fourth-order valence-corrected chi connectivity index (χ4v) is 2.23. The van der Waals surface area contributed by atoms with E-state index >= 15 is 0 Å². The summed E-state index contributed by atoms with van der Waals surface area (Å²) < 4.78 is 2.10. The van der Waals surface area contributed by atoms with E-state index in [1.165, 1.54) is 12.1 Å². The first-order valence-corrected chi connectivity index (χ1v) is 5.46. The molecule has 1 fully saturated rings. The number of hydrogen-bond acceptors (Lipinski definition) is 2. The van der Waals surface area contributed by atoms with E-state index in [1.54, 1.807) is 0 Å². The Hall–Kier alpha value is -1.35. The minimum atomic E-state index is 0.678. The molecule has 1 saturated carbocycles. The topological polar surface area (TPSA) is 29.3 Å². The SMILES string of the molecule is CNCC1CC1c1cn2ccccc2n1. The standard InChI is InChI=1S/C12H15N3/c1-13-7-9-6-10(9)11-8-15-5-3-2-4-12(15)14-11/h2-5,8-10,13H,6-7H2,1H3. The average Bonchev–Trinajstić information content (AvgIpc) is 2.89. The number of hydrogen-bond donors (Lipinski definition) is 1. The second kappa shape index (κ2) is 3.35. The lowest BCUT2D eigenvalue weighted by atomic mass is 10.2. The number of pyridine rings is 1. The van der Waals surface area contributed by atoms with Gasteiger partial charge in [0.15, 0.2) is 0 Å². The Labute approximate surface area is 89.1 Å². The van der Waals surface area contributed by atoms with E-state index < -0.39 is 0 Å². The highest BCUT2D eigenvalue weighted by Crippen LogP contribution is 2.46. The van der Waals surface area contributed by atoms with Crippen molar-refractivity contribution >= 4 is 5.65 Å². The fraction of sp³-hybridized carbons (Fsp3) is 0.417. The Morgan fingerprint density at radius 2 is 2.47 bits per heavy atom. The molecular formula is C12H15N3. The lowest BCUT2D eigenvalue weighted by Gasteiger charge is -1.94. The molecule has 0 radical (unpaired) electrons. The fourth-order valence-electron chi connectivity index (χ4n) is 2.23. The van der Waals surface area contributed by atoms with Gasteiger partial charge in [-0.1, -0.05) is 6.07 Å². The van der Waals surface area contributed by atoms with Crippen LogP contribution in [0.25, 0.3) is 5.65 Å². The second-order valence-electron chi connectivity index (χ2n) is 4.29. The van der Waals surface area contributed by atoms with Crippen LogP contribution in [0.15, 0.2) is 30.6 Å². The Morgan fingerprint density at radius 3 is 3.27 bits per heavy atom. The summed E-state index contributed by atoms with van der Waals surface area (Å²) in [5.74, 6) is 1.47. The largest absolute Gasteiger partial charge is 0.319 e. The van der Waals surface area contributed by atoms with Crippen molar-refractivity contribution in [1.29, 1.82) is 0 Å². The molecule has 3 rings (SSSR count). The van der Waals surface area contributed by atoms with Crippen molar-refractivity contribution in [3.05, 3.63) is 36.3 Å². The highest BCUT2D eigenvalue weighted by atomic mass is 15.0. The maximum atomic E-state index is 4.64. The molecule has 0 aliphatic heterocycles. The lowest BCUT2D eigenvalue weighted by molar-refractivity contribution is 0.694. The predicted molar refractivity (Wildman–Crippen MR) is 60.0 cm³/mol. The molecule has 2 aromatic rings. The zero-order chi connectivity index (χ0) is 10.3. The molecule has 2 unspecified atom stereocenters. The van der Waals surface area contributed by atoms with E-state index in [0.29, 0.717) is 5.92 Å². The first-order chi connectivity index (χ1) is 7.38. The predicted octanol–water partition coefficient (Wildman–Crippen LogP) is 1.66. The van der Waals surface area contributed by atoms with Crippen LogP contribution >= 0.6 is 0 Å². The van der Waals surface area contributed by atoms with Gasteiger partial charge < -0.3 is 9.72 Å². The first kappa shape index (κ1) is 8.92. The molecular weight excluding hydrogens is 186 g/mol. The van der Waals surface area contributed by atoms with Gasteiger partial charge in [-0.25, -0.2) is 4.98 Å². The van der Waals surface area contributed by atoms with Crippen LogP contribution in [0.4, 0.5) is 0 Å². The Balaban J connectivity index is 1.87. The number of aromatic nitrogens is 2. The first-order valence-electron chi connectivity index (χ1n) is 5.46. The molecule has 2 atom stereocenters. The van der Waals surface area contributed by atoms with Crippen molar-refractivity contribution in [3.8, 4) is 0 Å². The van der Waals surface area contributed by atoms with Gasteiger partial charge in [-0.2, -0.15) is 0 Å². The maximum absolute atomic E-state index is 4.64. The third-order valence-electron chi connectivity index (χ3n) is 3.15. The van der Waals surface area contributed by atoms with E-state index in [9.17, 15) is 0 Å². The van der Waals surface area contributed by atoms with Gasteiger partial charge in [-0.15, -0.1) is 0 Å². The monoisotopic (exact) mass is 201 g/mol. The van der Waals surface area contributed by atoms with Crippen LogP contribution < -0.4 is 5.32 Å². The van der Waals surface area contributed by atoms with Crippen LogP contribution in [0.3, 0.4) is 0 Å². The molecule has 1 aliphatic rings. The molecule has 2 aromatic heterocycles. The van der Waals surface area contributed by atoms with Crippen molar-refractivity contribution in [1.82, 2.24) is 14.7 Å². The van der Waals surface area contributed by atoms with Gasteiger partial charge in [0.25, 0.3) is 0 Å². The van der Waals surface area contributed by atoms with Gasteiger partial charge in [0.2, 0.25) is 0 Å². The summed E-state index contributed by atoms with van der Waals surface area (Å²) >= 11 is 0. The third-order valence-corrected chi connectivity index (χ3v) is 3.15. The molecule has 0 spiro atoms. The summed E-state index contributed by atoms with van der Waals surface area (Å²) in [5.41, 5.74) is 2.31. The Morgan fingerprint density at radius 1 is 1.53 bits per heavy atom. The van der Waals surface area contributed by atoms with Gasteiger partial charge in [-0.05, 0) is 38.1 Å². The zero-order valence-electron chi connectivity index (χ0n) is 8.85. The quantitative estimate of drug-likeness (QED) is 0.818. The summed E-state index contributed by atoms with van der Waals surface area (Å²) in [4.78, 5) is 4.64. The van der Waals surface area contributed by atoms with E-state index in [2.05, 4.69) is 33.2 Å². The molecule has 15 heavy (non-hydrogen) atoms. The maximum Gasteiger partial charge on any atom is 0.136 e. The van der Waals surface area contributed by atoms with Gasteiger partial charge in [0.05, 0.1) is 5.69 Å². The molecule has 3 nitrogen and oxygen atoms in total. The summed E-state index contributed by atoms with van der Waals surface area (Å²) in [6, 6.07) is 6.12. The molecule has 1 N–H and O–H groups in total. The number of fused-ring (bicyclic) bond motifs is 1. The third kappa shape index (κ3) is 1.53. The van der Waals surface area contributed by atoms with Crippen LogP contribution in [0, 0.1) is 5.92 Å². The summed E-state index contributed by atoms with van der Waals surface area (Å²) in [6.07, 6.45) is 5.50. The smallest absolute Gasteiger partial charge is 0.136 e. The normalized spacial score (nSPS) is 24.6. The zero-order valence-corrected chi connectivity index (χ0v) is 8.85. The second-order valence-corrected chi connectivity index (χ2v) is 4.29. The van der Waals surface area contributed by atoms with Gasteiger partial charge >= 0.3 is 0 Å². The van der Waals surface area contributed by atoms with Crippen LogP contribution in [0.1, 0.15) is 18.0 Å². The van der Waals surface area contributed by atoms with Crippen LogP contribution in [0.2, 0.25) is 0 Å². The summed E-state index contributed by atoms with van der Waals surface area (Å²) in [6.45, 7) is 1.11. The van der Waals surface area contributed by atoms with Gasteiger partial charge in [0.1, 0.15) is 5.65 Å². The van der Waals surface area contributed by atoms with E-state index in [1.807, 2.05) is 19.2 Å². The number of nitrogens with zero attached hydrogens (tertiary/aromatic N) is 2. The molecule has 0 saturated heterocycles. The molecule has 78 valence electrons. The number of rotatable bonds is 3. The van der Waals surface area contributed by atoms with Gasteiger partial charge in [0, 0.05) is 18.3 Å². The average molecular weight is 201 g/mol. The molecule has 0 bridgehead atoms. The number of imidazole rings is 1. The highest BCUT2D eigenvalue weighted by Gasteiger charge is 2.39. The van der Waals surface area contributed by atoms with Crippen molar-refractivity contribution in [2.24, 2.45) is 5.92 Å². The van der Waals surface area contributed by atoms with Crippen molar-refractivity contribution in [2.45, 2.75) is 12.3 Å². The van der Waals surface area contributed by atoms with E-state index in [0.717, 1.165) is 18.1 Å². The van der Waals surface area contributed by atoms with Crippen molar-refractivity contribution in [3.63, 3.8) is 0 Å². The minimum Gasteiger partial charge on any atom is -0.319 e. The molecule has 0 aromatic carbocycles. The van der Waals surface area contributed by atoms with Crippen LogP contribution in [-0.2, 0) is 0 Å². The molecule has 2 heterocycles.